The van der Waals surface area contributed by atoms with Crippen LogP contribution in [-0.4, -0.2) is 43.0 Å². The Morgan fingerprint density at radius 1 is 1.06 bits per heavy atom. The number of benzene rings is 2. The lowest BCUT2D eigenvalue weighted by Gasteiger charge is -2.17. The van der Waals surface area contributed by atoms with Gasteiger partial charge in [0.2, 0.25) is 5.91 Å². The van der Waals surface area contributed by atoms with E-state index in [0.29, 0.717) is 16.9 Å². The van der Waals surface area contributed by atoms with Crippen LogP contribution in [-0.2, 0) is 23.9 Å². The average molecular weight is 453 g/mol. The van der Waals surface area contributed by atoms with Gasteiger partial charge in [0.1, 0.15) is 0 Å². The van der Waals surface area contributed by atoms with Crippen LogP contribution >= 0.6 is 0 Å². The number of hydrogen-bond donors (Lipinski definition) is 1. The molecular formula is C25H28N2O6. The third-order valence-corrected chi connectivity index (χ3v) is 5.31. The van der Waals surface area contributed by atoms with E-state index in [4.69, 9.17) is 9.47 Å². The highest BCUT2D eigenvalue weighted by Gasteiger charge is 2.36. The van der Waals surface area contributed by atoms with Gasteiger partial charge in [0.15, 0.2) is 6.61 Å². The standard InChI is InChI=1S/C25H28N2O6/c1-15(2)33-25(31)18-8-10-20(11-9-18)27-13-19(12-22(27)29)24(30)32-14-21(28)26-23-16(3)6-5-7-17(23)4/h5-11,15,19H,12-14H2,1-4H3,(H,26,28)/t19-/m0/s1. The molecule has 1 aliphatic rings. The van der Waals surface area contributed by atoms with E-state index in [0.717, 1.165) is 11.1 Å². The van der Waals surface area contributed by atoms with Crippen LogP contribution in [0.5, 0.6) is 0 Å². The normalized spacial score (nSPS) is 15.5. The van der Waals surface area contributed by atoms with Crippen molar-refractivity contribution in [3.63, 3.8) is 0 Å². The molecule has 0 radical (unpaired) electrons. The van der Waals surface area contributed by atoms with E-state index in [1.165, 1.54) is 4.90 Å². The molecule has 1 aliphatic heterocycles. The number of carbonyl (C=O) groups is 4. The third kappa shape index (κ3) is 5.97. The molecule has 0 spiro atoms. The van der Waals surface area contributed by atoms with E-state index < -0.39 is 30.4 Å². The van der Waals surface area contributed by atoms with E-state index >= 15 is 0 Å². The van der Waals surface area contributed by atoms with Crippen molar-refractivity contribution in [3.8, 4) is 0 Å². The number of nitrogens with one attached hydrogen (secondary N) is 1. The van der Waals surface area contributed by atoms with E-state index in [-0.39, 0.29) is 25.0 Å². The first-order valence-corrected chi connectivity index (χ1v) is 10.8. The van der Waals surface area contributed by atoms with Crippen LogP contribution < -0.4 is 10.2 Å². The summed E-state index contributed by atoms with van der Waals surface area (Å²) in [6.45, 7) is 7.01. The lowest BCUT2D eigenvalue weighted by atomic mass is 10.1. The highest BCUT2D eigenvalue weighted by atomic mass is 16.5. The minimum Gasteiger partial charge on any atom is -0.459 e. The molecule has 8 heteroatoms. The maximum absolute atomic E-state index is 12.5. The van der Waals surface area contributed by atoms with Crippen molar-refractivity contribution in [3.05, 3.63) is 59.2 Å². The van der Waals surface area contributed by atoms with Crippen LogP contribution in [0, 0.1) is 19.8 Å². The third-order valence-electron chi connectivity index (χ3n) is 5.31. The molecule has 1 saturated heterocycles. The number of para-hydroxylation sites is 1. The fourth-order valence-electron chi connectivity index (χ4n) is 3.62. The smallest absolute Gasteiger partial charge is 0.338 e. The number of ether oxygens (including phenoxy) is 2. The molecule has 33 heavy (non-hydrogen) atoms. The number of anilines is 2. The van der Waals surface area contributed by atoms with Crippen molar-refractivity contribution in [1.82, 2.24) is 0 Å². The molecule has 2 amide bonds. The van der Waals surface area contributed by atoms with E-state index in [2.05, 4.69) is 5.32 Å². The number of hydrogen-bond acceptors (Lipinski definition) is 6. The van der Waals surface area contributed by atoms with Gasteiger partial charge in [0.25, 0.3) is 5.91 Å². The zero-order valence-electron chi connectivity index (χ0n) is 19.2. The monoisotopic (exact) mass is 452 g/mol. The molecule has 2 aromatic rings. The van der Waals surface area contributed by atoms with Gasteiger partial charge in [-0.1, -0.05) is 18.2 Å². The topological polar surface area (TPSA) is 102 Å². The number of esters is 2. The van der Waals surface area contributed by atoms with Crippen molar-refractivity contribution < 1.29 is 28.7 Å². The number of amides is 2. The second-order valence-corrected chi connectivity index (χ2v) is 8.33. The maximum atomic E-state index is 12.5. The SMILES string of the molecule is Cc1cccc(C)c1NC(=O)COC(=O)[C@H]1CC(=O)N(c2ccc(C(=O)OC(C)C)cc2)C1. The van der Waals surface area contributed by atoms with Gasteiger partial charge in [-0.25, -0.2) is 4.79 Å². The minimum atomic E-state index is -0.670. The van der Waals surface area contributed by atoms with Gasteiger partial charge in [0.05, 0.1) is 17.6 Å². The van der Waals surface area contributed by atoms with Crippen LogP contribution in [0.15, 0.2) is 42.5 Å². The summed E-state index contributed by atoms with van der Waals surface area (Å²) in [6, 6.07) is 12.1. The molecule has 2 aromatic carbocycles. The number of aryl methyl sites for hydroxylation is 2. The molecule has 3 rings (SSSR count). The summed E-state index contributed by atoms with van der Waals surface area (Å²) in [5, 5.41) is 2.76. The average Bonchev–Trinajstić information content (AvgIpc) is 3.16. The molecule has 0 aliphatic carbocycles. The fourth-order valence-corrected chi connectivity index (χ4v) is 3.62. The Balaban J connectivity index is 1.54. The fraction of sp³-hybridized carbons (Fsp3) is 0.360. The number of nitrogens with zero attached hydrogens (tertiary/aromatic N) is 1. The van der Waals surface area contributed by atoms with Crippen LogP contribution in [0.1, 0.15) is 41.8 Å². The first kappa shape index (κ1) is 24.0. The highest BCUT2D eigenvalue weighted by molar-refractivity contribution is 6.00. The minimum absolute atomic E-state index is 0.00546. The van der Waals surface area contributed by atoms with Crippen molar-refractivity contribution in [2.45, 2.75) is 40.2 Å². The predicted molar refractivity (Wildman–Crippen MR) is 123 cm³/mol. The van der Waals surface area contributed by atoms with Crippen LogP contribution in [0.2, 0.25) is 0 Å². The maximum Gasteiger partial charge on any atom is 0.338 e. The zero-order chi connectivity index (χ0) is 24.1. The Labute approximate surface area is 192 Å². The second kappa shape index (κ2) is 10.3. The molecule has 1 N–H and O–H groups in total. The summed E-state index contributed by atoms with van der Waals surface area (Å²) in [5.74, 6) is -2.37. The molecule has 0 aromatic heterocycles. The summed E-state index contributed by atoms with van der Waals surface area (Å²) in [7, 11) is 0. The molecular weight excluding hydrogens is 424 g/mol. The van der Waals surface area contributed by atoms with Gasteiger partial charge in [0, 0.05) is 24.3 Å². The Bertz CT molecular complexity index is 1040. The molecule has 8 nitrogen and oxygen atoms in total. The van der Waals surface area contributed by atoms with Gasteiger partial charge in [-0.15, -0.1) is 0 Å². The van der Waals surface area contributed by atoms with E-state index in [9.17, 15) is 19.2 Å². The summed E-state index contributed by atoms with van der Waals surface area (Å²) < 4.78 is 10.3. The molecule has 0 unspecified atom stereocenters. The molecule has 1 atom stereocenters. The Morgan fingerprint density at radius 2 is 1.70 bits per heavy atom. The molecule has 1 heterocycles. The van der Waals surface area contributed by atoms with Gasteiger partial charge >= 0.3 is 11.9 Å². The number of carbonyl (C=O) groups excluding carboxylic acids is 4. The Hall–Kier alpha value is -3.68. The van der Waals surface area contributed by atoms with E-state index in [1.54, 1.807) is 38.1 Å². The van der Waals surface area contributed by atoms with Crippen molar-refractivity contribution in [1.29, 1.82) is 0 Å². The van der Waals surface area contributed by atoms with Crippen molar-refractivity contribution in [2.75, 3.05) is 23.4 Å². The molecule has 0 saturated carbocycles. The molecule has 174 valence electrons. The van der Waals surface area contributed by atoms with Gasteiger partial charge in [-0.2, -0.15) is 0 Å². The van der Waals surface area contributed by atoms with Crippen molar-refractivity contribution >= 4 is 35.1 Å². The molecule has 0 bridgehead atoms. The largest absolute Gasteiger partial charge is 0.459 e. The summed E-state index contributed by atoms with van der Waals surface area (Å²) in [6.07, 6.45) is -0.235. The first-order chi connectivity index (χ1) is 15.7. The Kier molecular flexibility index (Phi) is 7.48. The Morgan fingerprint density at radius 3 is 2.30 bits per heavy atom. The summed E-state index contributed by atoms with van der Waals surface area (Å²) in [4.78, 5) is 50.6. The van der Waals surface area contributed by atoms with Crippen LogP contribution in [0.3, 0.4) is 0 Å². The quantitative estimate of drug-likeness (QED) is 0.646. The van der Waals surface area contributed by atoms with Crippen molar-refractivity contribution in [2.24, 2.45) is 5.92 Å². The van der Waals surface area contributed by atoms with Gasteiger partial charge in [-0.3, -0.25) is 14.4 Å². The lowest BCUT2D eigenvalue weighted by molar-refractivity contribution is -0.151. The summed E-state index contributed by atoms with van der Waals surface area (Å²) in [5.41, 5.74) is 3.47. The van der Waals surface area contributed by atoms with Crippen LogP contribution in [0.4, 0.5) is 11.4 Å². The van der Waals surface area contributed by atoms with Gasteiger partial charge in [-0.05, 0) is 63.1 Å². The summed E-state index contributed by atoms with van der Waals surface area (Å²) >= 11 is 0. The van der Waals surface area contributed by atoms with E-state index in [1.807, 2.05) is 32.0 Å². The second-order valence-electron chi connectivity index (χ2n) is 8.33. The first-order valence-electron chi connectivity index (χ1n) is 10.8. The lowest BCUT2D eigenvalue weighted by Crippen LogP contribution is -2.28. The van der Waals surface area contributed by atoms with Crippen LogP contribution in [0.25, 0.3) is 0 Å². The number of rotatable bonds is 7. The van der Waals surface area contributed by atoms with Gasteiger partial charge < -0.3 is 19.7 Å². The highest BCUT2D eigenvalue weighted by Crippen LogP contribution is 2.26. The molecule has 1 fully saturated rings. The predicted octanol–water partition coefficient (Wildman–Crippen LogP) is 3.40. The zero-order valence-corrected chi connectivity index (χ0v) is 19.2.